The second-order valence-electron chi connectivity index (χ2n) is 3.68. The highest BCUT2D eigenvalue weighted by Crippen LogP contribution is 2.14. The van der Waals surface area contributed by atoms with E-state index in [1.54, 1.807) is 18.7 Å². The molecule has 0 heterocycles. The minimum absolute atomic E-state index is 0.0965. The summed E-state index contributed by atoms with van der Waals surface area (Å²) in [4.78, 5) is 12.4. The van der Waals surface area contributed by atoms with Gasteiger partial charge in [-0.25, -0.2) is 0 Å². The molecule has 0 aliphatic heterocycles. The van der Waals surface area contributed by atoms with Crippen molar-refractivity contribution in [1.29, 1.82) is 0 Å². The Balaban J connectivity index is 2.34. The van der Waals surface area contributed by atoms with Gasteiger partial charge in [0, 0.05) is 11.4 Å². The van der Waals surface area contributed by atoms with E-state index >= 15 is 0 Å². The van der Waals surface area contributed by atoms with Crippen molar-refractivity contribution in [3.05, 3.63) is 29.8 Å². The molecule has 0 bridgehead atoms. The zero-order chi connectivity index (χ0) is 12.0. The van der Waals surface area contributed by atoms with E-state index < -0.39 is 6.04 Å². The highest BCUT2D eigenvalue weighted by Gasteiger charge is 2.05. The number of hydrogen-bond donors (Lipinski definition) is 2. The SMILES string of the molecule is CSc1ccc(CCNC(=O)C(C)N)cc1. The first-order valence-corrected chi connectivity index (χ1v) is 6.52. The number of hydrogen-bond acceptors (Lipinski definition) is 3. The van der Waals surface area contributed by atoms with E-state index in [9.17, 15) is 4.79 Å². The summed E-state index contributed by atoms with van der Waals surface area (Å²) in [6.07, 6.45) is 2.89. The van der Waals surface area contributed by atoms with Crippen LogP contribution in [0.25, 0.3) is 0 Å². The van der Waals surface area contributed by atoms with Crippen LogP contribution in [0.3, 0.4) is 0 Å². The number of nitrogens with one attached hydrogen (secondary N) is 1. The van der Waals surface area contributed by atoms with E-state index in [2.05, 4.69) is 35.8 Å². The largest absolute Gasteiger partial charge is 0.354 e. The maximum atomic E-state index is 11.2. The van der Waals surface area contributed by atoms with E-state index in [0.29, 0.717) is 6.54 Å². The normalized spacial score (nSPS) is 12.2. The minimum Gasteiger partial charge on any atom is -0.354 e. The standard InChI is InChI=1S/C12H18N2OS/c1-9(13)12(15)14-8-7-10-3-5-11(16-2)6-4-10/h3-6,9H,7-8,13H2,1-2H3,(H,14,15). The van der Waals surface area contributed by atoms with E-state index in [0.717, 1.165) is 6.42 Å². The molecule has 16 heavy (non-hydrogen) atoms. The van der Waals surface area contributed by atoms with E-state index in [-0.39, 0.29) is 5.91 Å². The summed E-state index contributed by atoms with van der Waals surface area (Å²) in [5.41, 5.74) is 6.66. The summed E-state index contributed by atoms with van der Waals surface area (Å²) in [6.45, 7) is 2.32. The fraction of sp³-hybridized carbons (Fsp3) is 0.417. The Bertz CT molecular complexity index is 335. The van der Waals surface area contributed by atoms with Crippen LogP contribution in [0.5, 0.6) is 0 Å². The van der Waals surface area contributed by atoms with Crippen LogP contribution < -0.4 is 11.1 Å². The lowest BCUT2D eigenvalue weighted by atomic mass is 10.1. The number of carbonyl (C=O) groups excluding carboxylic acids is 1. The summed E-state index contributed by atoms with van der Waals surface area (Å²) in [7, 11) is 0. The molecule has 1 unspecified atom stereocenters. The molecule has 1 aromatic carbocycles. The van der Waals surface area contributed by atoms with Gasteiger partial charge in [-0.3, -0.25) is 4.79 Å². The molecular weight excluding hydrogens is 220 g/mol. The molecule has 0 saturated carbocycles. The smallest absolute Gasteiger partial charge is 0.236 e. The van der Waals surface area contributed by atoms with Crippen LogP contribution in [0.4, 0.5) is 0 Å². The summed E-state index contributed by atoms with van der Waals surface area (Å²) in [5, 5.41) is 2.79. The van der Waals surface area contributed by atoms with Gasteiger partial charge >= 0.3 is 0 Å². The van der Waals surface area contributed by atoms with Crippen molar-refractivity contribution in [2.24, 2.45) is 5.73 Å². The maximum Gasteiger partial charge on any atom is 0.236 e. The third kappa shape index (κ3) is 4.24. The van der Waals surface area contributed by atoms with Crippen molar-refractivity contribution in [2.45, 2.75) is 24.3 Å². The Morgan fingerprint density at radius 2 is 2.06 bits per heavy atom. The molecule has 0 fully saturated rings. The molecule has 4 heteroatoms. The lowest BCUT2D eigenvalue weighted by molar-refractivity contribution is -0.121. The van der Waals surface area contributed by atoms with Gasteiger partial charge in [-0.1, -0.05) is 12.1 Å². The quantitative estimate of drug-likeness (QED) is 0.763. The first-order valence-electron chi connectivity index (χ1n) is 5.29. The predicted molar refractivity (Wildman–Crippen MR) is 68.6 cm³/mol. The van der Waals surface area contributed by atoms with Gasteiger partial charge in [-0.2, -0.15) is 0 Å². The number of carbonyl (C=O) groups is 1. The van der Waals surface area contributed by atoms with Crippen LogP contribution in [0.15, 0.2) is 29.2 Å². The average Bonchev–Trinajstić information content (AvgIpc) is 2.29. The Morgan fingerprint density at radius 3 is 2.56 bits per heavy atom. The predicted octanol–water partition coefficient (Wildman–Crippen LogP) is 1.41. The fourth-order valence-corrected chi connectivity index (χ4v) is 1.69. The third-order valence-electron chi connectivity index (χ3n) is 2.29. The zero-order valence-electron chi connectivity index (χ0n) is 9.69. The van der Waals surface area contributed by atoms with Gasteiger partial charge in [0.25, 0.3) is 0 Å². The van der Waals surface area contributed by atoms with Crippen LogP contribution in [0.2, 0.25) is 0 Å². The molecule has 0 radical (unpaired) electrons. The van der Waals surface area contributed by atoms with Crippen molar-refractivity contribution < 1.29 is 4.79 Å². The number of amides is 1. The molecule has 1 atom stereocenters. The zero-order valence-corrected chi connectivity index (χ0v) is 10.5. The second kappa shape index (κ2) is 6.55. The fourth-order valence-electron chi connectivity index (χ4n) is 1.28. The highest BCUT2D eigenvalue weighted by molar-refractivity contribution is 7.98. The van der Waals surface area contributed by atoms with Gasteiger partial charge in [0.05, 0.1) is 6.04 Å². The Hall–Kier alpha value is -1.00. The summed E-state index contributed by atoms with van der Waals surface area (Å²) in [6, 6.07) is 7.92. The molecule has 3 N–H and O–H groups in total. The van der Waals surface area contributed by atoms with Gasteiger partial charge in [0.1, 0.15) is 0 Å². The summed E-state index contributed by atoms with van der Waals surface area (Å²) >= 11 is 1.72. The molecule has 0 aromatic heterocycles. The maximum absolute atomic E-state index is 11.2. The highest BCUT2D eigenvalue weighted by atomic mass is 32.2. The minimum atomic E-state index is -0.432. The molecule has 1 aromatic rings. The molecule has 0 aliphatic rings. The van der Waals surface area contributed by atoms with Crippen LogP contribution in [-0.4, -0.2) is 24.7 Å². The summed E-state index contributed by atoms with van der Waals surface area (Å²) in [5.74, 6) is -0.0965. The Labute approximate surface area is 101 Å². The Morgan fingerprint density at radius 1 is 1.44 bits per heavy atom. The molecule has 88 valence electrons. The van der Waals surface area contributed by atoms with Crippen molar-refractivity contribution in [3.8, 4) is 0 Å². The monoisotopic (exact) mass is 238 g/mol. The van der Waals surface area contributed by atoms with Crippen molar-refractivity contribution in [3.63, 3.8) is 0 Å². The van der Waals surface area contributed by atoms with Gasteiger partial charge in [-0.15, -0.1) is 11.8 Å². The third-order valence-corrected chi connectivity index (χ3v) is 3.03. The molecule has 1 rings (SSSR count). The molecule has 0 spiro atoms. The first kappa shape index (κ1) is 13.1. The van der Waals surface area contributed by atoms with Gasteiger partial charge in [-0.05, 0) is 37.3 Å². The number of benzene rings is 1. The van der Waals surface area contributed by atoms with Crippen molar-refractivity contribution >= 4 is 17.7 Å². The molecular formula is C12H18N2OS. The van der Waals surface area contributed by atoms with Crippen LogP contribution in [0.1, 0.15) is 12.5 Å². The lowest BCUT2D eigenvalue weighted by Crippen LogP contribution is -2.39. The van der Waals surface area contributed by atoms with Crippen LogP contribution in [-0.2, 0) is 11.2 Å². The summed E-state index contributed by atoms with van der Waals surface area (Å²) < 4.78 is 0. The van der Waals surface area contributed by atoms with E-state index in [4.69, 9.17) is 5.73 Å². The topological polar surface area (TPSA) is 55.1 Å². The van der Waals surface area contributed by atoms with E-state index in [1.807, 2.05) is 0 Å². The molecule has 3 nitrogen and oxygen atoms in total. The van der Waals surface area contributed by atoms with Crippen molar-refractivity contribution in [1.82, 2.24) is 5.32 Å². The van der Waals surface area contributed by atoms with Crippen molar-refractivity contribution in [2.75, 3.05) is 12.8 Å². The van der Waals surface area contributed by atoms with E-state index in [1.165, 1.54) is 10.5 Å². The lowest BCUT2D eigenvalue weighted by Gasteiger charge is -2.07. The van der Waals surface area contributed by atoms with Gasteiger partial charge in [0.15, 0.2) is 0 Å². The number of thioether (sulfide) groups is 1. The van der Waals surface area contributed by atoms with Crippen LogP contribution in [0, 0.1) is 0 Å². The number of rotatable bonds is 5. The molecule has 0 aliphatic carbocycles. The number of nitrogens with two attached hydrogens (primary N) is 1. The first-order chi connectivity index (χ1) is 7.63. The Kier molecular flexibility index (Phi) is 5.35. The second-order valence-corrected chi connectivity index (χ2v) is 4.56. The van der Waals surface area contributed by atoms with Gasteiger partial charge < -0.3 is 11.1 Å². The molecule has 0 saturated heterocycles. The molecule has 1 amide bonds. The average molecular weight is 238 g/mol. The van der Waals surface area contributed by atoms with Crippen LogP contribution >= 0.6 is 11.8 Å². The van der Waals surface area contributed by atoms with Gasteiger partial charge in [0.2, 0.25) is 5.91 Å².